The highest BCUT2D eigenvalue weighted by Crippen LogP contribution is 2.38. The number of rotatable bonds is 75. The maximum atomic E-state index is 12.9. The second kappa shape index (κ2) is 75.9. The van der Waals surface area contributed by atoms with E-state index in [1.54, 1.807) is 0 Å². The molecule has 0 heterocycles. The normalized spacial score (nSPS) is 13.6. The summed E-state index contributed by atoms with van der Waals surface area (Å²) in [6, 6.07) is 0. The van der Waals surface area contributed by atoms with E-state index in [4.69, 9.17) is 18.5 Å². The number of carbonyl (C=O) groups excluding carboxylic acids is 2. The maximum absolute atomic E-state index is 12.9. The highest BCUT2D eigenvalue weighted by Gasteiger charge is 2.22. The molecule has 0 N–H and O–H groups in total. The average Bonchev–Trinajstić information content (AvgIpc) is 1.98. The fraction of sp³-hybridized carbons (Fsp3) is 0.767. The van der Waals surface area contributed by atoms with Gasteiger partial charge in [0.1, 0.15) is 19.8 Å². The molecule has 0 bridgehead atoms. The lowest BCUT2D eigenvalue weighted by atomic mass is 10.0. The average molecular weight is 1360 g/mol. The van der Waals surface area contributed by atoms with E-state index >= 15 is 0 Å². The van der Waals surface area contributed by atoms with Gasteiger partial charge in [0.05, 0.1) is 27.7 Å². The number of esters is 2. The van der Waals surface area contributed by atoms with Gasteiger partial charge in [-0.3, -0.25) is 14.2 Å². The van der Waals surface area contributed by atoms with Crippen LogP contribution in [0.4, 0.5) is 0 Å². The smallest absolute Gasteiger partial charge is 0.306 e. The lowest BCUT2D eigenvalue weighted by molar-refractivity contribution is -0.870. The molecule has 10 heteroatoms. The van der Waals surface area contributed by atoms with E-state index in [2.05, 4.69) is 123 Å². The SMILES string of the molecule is CC/C=C\C/C=C\C/C=C\C/C=C\C/C=C\C/C=C\C/C=C\C/C=C\CCCCCCCCCCCCCCCCC(=O)OC(COC(=O)CCCCCCCCCCCCCCCCCCCCCCC/C=C\CCCCCCCCCC)COP(=O)([O-])OCC[N+](C)(C)C. The van der Waals surface area contributed by atoms with Crippen LogP contribution in [-0.2, 0) is 32.7 Å². The van der Waals surface area contributed by atoms with Crippen LogP contribution in [0.2, 0.25) is 0 Å². The summed E-state index contributed by atoms with van der Waals surface area (Å²) in [6.07, 6.45) is 108. The monoisotopic (exact) mass is 1360 g/mol. The second-order valence-electron chi connectivity index (χ2n) is 28.4. The summed E-state index contributed by atoms with van der Waals surface area (Å²) in [4.78, 5) is 38.2. The van der Waals surface area contributed by atoms with Crippen molar-refractivity contribution in [2.24, 2.45) is 0 Å². The van der Waals surface area contributed by atoms with E-state index in [9.17, 15) is 19.0 Å². The van der Waals surface area contributed by atoms with Gasteiger partial charge in [0, 0.05) is 12.8 Å². The van der Waals surface area contributed by atoms with Gasteiger partial charge in [-0.05, 0) is 103 Å². The Bertz CT molecular complexity index is 1990. The summed E-state index contributed by atoms with van der Waals surface area (Å²) < 4.78 is 34.4. The molecular formula is C86H154NO8P. The van der Waals surface area contributed by atoms with Gasteiger partial charge in [0.25, 0.3) is 7.82 Å². The summed E-state index contributed by atoms with van der Waals surface area (Å²) >= 11 is 0. The minimum atomic E-state index is -4.65. The Balaban J connectivity index is 3.97. The van der Waals surface area contributed by atoms with Crippen LogP contribution in [-0.4, -0.2) is 70.0 Å². The summed E-state index contributed by atoms with van der Waals surface area (Å²) in [5, 5.41) is 0. The van der Waals surface area contributed by atoms with Crippen LogP contribution in [0, 0.1) is 0 Å². The van der Waals surface area contributed by atoms with Gasteiger partial charge >= 0.3 is 11.9 Å². The molecule has 0 aromatic heterocycles. The molecule has 0 spiro atoms. The molecule has 9 nitrogen and oxygen atoms in total. The molecule has 0 aliphatic heterocycles. The molecule has 96 heavy (non-hydrogen) atoms. The largest absolute Gasteiger partial charge is 0.756 e. The first kappa shape index (κ1) is 92.7. The second-order valence-corrected chi connectivity index (χ2v) is 29.8. The predicted molar refractivity (Wildman–Crippen MR) is 415 cm³/mol. The van der Waals surface area contributed by atoms with Crippen molar-refractivity contribution in [3.05, 3.63) is 109 Å². The summed E-state index contributed by atoms with van der Waals surface area (Å²) in [6.45, 7) is 4.17. The van der Waals surface area contributed by atoms with Crippen LogP contribution < -0.4 is 4.89 Å². The van der Waals surface area contributed by atoms with E-state index in [1.165, 1.54) is 250 Å². The third-order valence-electron chi connectivity index (χ3n) is 17.8. The Labute approximate surface area is 595 Å². The molecular weight excluding hydrogens is 1210 g/mol. The number of unbranched alkanes of at least 4 members (excludes halogenated alkanes) is 43. The lowest BCUT2D eigenvalue weighted by Gasteiger charge is -2.28. The Kier molecular flexibility index (Phi) is 73.2. The highest BCUT2D eigenvalue weighted by atomic mass is 31.2. The molecule has 0 aliphatic carbocycles. The van der Waals surface area contributed by atoms with Gasteiger partial charge in [-0.15, -0.1) is 0 Å². The number of likely N-dealkylation sites (N-methyl/N-ethyl adjacent to an activating group) is 1. The maximum Gasteiger partial charge on any atom is 0.306 e. The highest BCUT2D eigenvalue weighted by molar-refractivity contribution is 7.45. The number of hydrogen-bond acceptors (Lipinski definition) is 8. The number of ether oxygens (including phenoxy) is 2. The van der Waals surface area contributed by atoms with Crippen LogP contribution >= 0.6 is 7.82 Å². The van der Waals surface area contributed by atoms with Crippen molar-refractivity contribution in [2.45, 2.75) is 380 Å². The minimum absolute atomic E-state index is 0.0324. The number of phosphoric ester groups is 1. The van der Waals surface area contributed by atoms with E-state index in [-0.39, 0.29) is 32.0 Å². The fourth-order valence-corrected chi connectivity index (χ4v) is 12.3. The first-order valence-electron chi connectivity index (χ1n) is 40.6. The third-order valence-corrected chi connectivity index (χ3v) is 18.7. The molecule has 0 radical (unpaired) electrons. The van der Waals surface area contributed by atoms with Crippen molar-refractivity contribution in [1.29, 1.82) is 0 Å². The molecule has 2 unspecified atom stereocenters. The predicted octanol–water partition coefficient (Wildman–Crippen LogP) is 26.5. The Hall–Kier alpha value is -3.33. The standard InChI is InChI=1S/C86H154NO8P/c1-6-8-10-12-14-16-18-20-22-24-26-28-30-32-34-36-38-40-41-42-43-44-45-47-49-51-53-55-57-59-61-63-65-67-69-71-73-75-77-79-86(89)95-84(83-94-96(90,91)93-81-80-87(3,4)5)82-92-85(88)78-76-74-72-70-68-66-64-62-60-58-56-54-52-50-48-46-39-37-35-33-31-29-27-25-23-21-19-17-15-13-11-9-7-2/h8,10,14,16,20,22,25-28,32,34,38,40,42-43,45,47,84H,6-7,9,11-13,15,17-19,21,23-24,29-31,33,35-37,39,41,44,46,48-83H2,1-5H3/b10-8-,16-14-,22-20-,27-25-,28-26-,34-32-,40-38-,43-42-,47-45-. The van der Waals surface area contributed by atoms with Crippen molar-refractivity contribution in [1.82, 2.24) is 0 Å². The Morgan fingerprint density at radius 1 is 0.333 bits per heavy atom. The topological polar surface area (TPSA) is 111 Å². The molecule has 0 aliphatic rings. The number of nitrogens with zero attached hydrogens (tertiary/aromatic N) is 1. The molecule has 0 aromatic carbocycles. The number of hydrogen-bond donors (Lipinski definition) is 0. The summed E-state index contributed by atoms with van der Waals surface area (Å²) in [5.41, 5.74) is 0. The minimum Gasteiger partial charge on any atom is -0.756 e. The van der Waals surface area contributed by atoms with Crippen molar-refractivity contribution in [3.63, 3.8) is 0 Å². The van der Waals surface area contributed by atoms with E-state index in [0.29, 0.717) is 17.4 Å². The van der Waals surface area contributed by atoms with E-state index < -0.39 is 26.5 Å². The van der Waals surface area contributed by atoms with Crippen LogP contribution in [0.5, 0.6) is 0 Å². The first-order chi connectivity index (χ1) is 47.0. The molecule has 0 saturated heterocycles. The zero-order valence-electron chi connectivity index (χ0n) is 63.6. The van der Waals surface area contributed by atoms with E-state index in [0.717, 1.165) is 89.9 Å². The first-order valence-corrected chi connectivity index (χ1v) is 42.1. The van der Waals surface area contributed by atoms with Crippen LogP contribution in [0.3, 0.4) is 0 Å². The molecule has 2 atom stereocenters. The van der Waals surface area contributed by atoms with Gasteiger partial charge in [-0.1, -0.05) is 367 Å². The molecule has 556 valence electrons. The molecule has 0 rings (SSSR count). The fourth-order valence-electron chi connectivity index (χ4n) is 11.6. The summed E-state index contributed by atoms with van der Waals surface area (Å²) in [7, 11) is 1.17. The van der Waals surface area contributed by atoms with E-state index in [1.807, 2.05) is 21.1 Å². The third kappa shape index (κ3) is 79.7. The Morgan fingerprint density at radius 3 is 0.896 bits per heavy atom. The van der Waals surface area contributed by atoms with Gasteiger partial charge in [0.15, 0.2) is 6.10 Å². The molecule has 0 saturated carbocycles. The van der Waals surface area contributed by atoms with Crippen LogP contribution in [0.1, 0.15) is 373 Å². The zero-order chi connectivity index (χ0) is 69.7. The lowest BCUT2D eigenvalue weighted by Crippen LogP contribution is -2.37. The van der Waals surface area contributed by atoms with Crippen molar-refractivity contribution < 1.29 is 42.1 Å². The summed E-state index contributed by atoms with van der Waals surface area (Å²) in [5.74, 6) is -0.820. The molecule has 0 amide bonds. The molecule has 0 aromatic rings. The van der Waals surface area contributed by atoms with Gasteiger partial charge in [0.2, 0.25) is 0 Å². The molecule has 0 fully saturated rings. The van der Waals surface area contributed by atoms with Gasteiger partial charge in [-0.2, -0.15) is 0 Å². The van der Waals surface area contributed by atoms with Crippen LogP contribution in [0.15, 0.2) is 109 Å². The number of phosphoric acid groups is 1. The quantitative estimate of drug-likeness (QED) is 0.0195. The van der Waals surface area contributed by atoms with Crippen LogP contribution in [0.25, 0.3) is 0 Å². The Morgan fingerprint density at radius 2 is 0.594 bits per heavy atom. The van der Waals surface area contributed by atoms with Crippen molar-refractivity contribution >= 4 is 19.8 Å². The number of carbonyl (C=O) groups is 2. The zero-order valence-corrected chi connectivity index (χ0v) is 64.5. The van der Waals surface area contributed by atoms with Crippen molar-refractivity contribution in [2.75, 3.05) is 47.5 Å². The van der Waals surface area contributed by atoms with Crippen molar-refractivity contribution in [3.8, 4) is 0 Å². The number of quaternary nitrogens is 1. The number of allylic oxidation sites excluding steroid dienone is 18. The van der Waals surface area contributed by atoms with Gasteiger partial charge in [-0.25, -0.2) is 0 Å². The van der Waals surface area contributed by atoms with Gasteiger partial charge < -0.3 is 27.9 Å².